The molecule has 0 bridgehead atoms. The minimum atomic E-state index is -3.02. The van der Waals surface area contributed by atoms with Gasteiger partial charge in [0.05, 0.1) is 5.83 Å². The van der Waals surface area contributed by atoms with Crippen LogP contribution in [0, 0.1) is 0 Å². The second kappa shape index (κ2) is 4.77. The van der Waals surface area contributed by atoms with E-state index in [2.05, 4.69) is 20.7 Å². The Kier molecular flexibility index (Phi) is 2.93. The minimum absolute atomic E-state index is 0.132. The van der Waals surface area contributed by atoms with E-state index in [1.54, 1.807) is 0 Å². The summed E-state index contributed by atoms with van der Waals surface area (Å²) in [5.41, 5.74) is -0.132. The number of halogens is 4. The number of alkyl halides is 3. The number of rotatable bonds is 3. The van der Waals surface area contributed by atoms with E-state index in [1.165, 1.54) is 18.2 Å². The zero-order chi connectivity index (χ0) is 11.6. The fourth-order valence-electron chi connectivity index (χ4n) is 0.768. The maximum Gasteiger partial charge on any atom is 0.387 e. The Morgan fingerprint density at radius 3 is 2.85 bits per heavy atom. The molecule has 0 spiro atoms. The van der Waals surface area contributed by atoms with Gasteiger partial charge in [0, 0.05) is 12.8 Å². The van der Waals surface area contributed by atoms with Crippen molar-refractivity contribution in [1.82, 2.24) is 0 Å². The number of hydrogen-bond donors (Lipinski definition) is 0. The summed E-state index contributed by atoms with van der Waals surface area (Å²) < 4.78 is 43.1. The Balaban J connectivity index is 3.15. The predicted octanol–water partition coefficient (Wildman–Crippen LogP) is 3.79. The monoisotopic (exact) mass is 272 g/mol. The average Bonchev–Trinajstić information content (AvgIpc) is 1.99. The first-order valence-electron chi connectivity index (χ1n) is 4.24. The first kappa shape index (κ1) is 8.00. The zero-order valence-corrected chi connectivity index (χ0v) is 8.57. The molecule has 0 heterocycles. The number of ether oxygens (including phenoxy) is 1. The lowest BCUT2D eigenvalue weighted by Crippen LogP contribution is -2.03. The highest BCUT2D eigenvalue weighted by atomic mass is 79.9. The van der Waals surface area contributed by atoms with E-state index < -0.39 is 12.4 Å². The smallest absolute Gasteiger partial charge is 0.387 e. The van der Waals surface area contributed by atoms with Gasteiger partial charge in [0.25, 0.3) is 0 Å². The molecule has 1 rings (SSSR count). The highest BCUT2D eigenvalue weighted by molar-refractivity contribution is 9.10. The average molecular weight is 274 g/mol. The van der Waals surface area contributed by atoms with Gasteiger partial charge in [-0.1, -0.05) is 22.0 Å². The van der Waals surface area contributed by atoms with Gasteiger partial charge in [0.1, 0.15) is 5.75 Å². The molecule has 0 saturated heterocycles. The van der Waals surface area contributed by atoms with Crippen LogP contribution in [0.1, 0.15) is 8.30 Å². The van der Waals surface area contributed by atoms with Crippen LogP contribution in [0.25, 0.3) is 0 Å². The molecule has 1 aromatic carbocycles. The molecule has 0 aliphatic carbocycles. The molecule has 0 aromatic heterocycles. The highest BCUT2D eigenvalue weighted by Crippen LogP contribution is 2.26. The van der Waals surface area contributed by atoms with Crippen molar-refractivity contribution in [3.8, 4) is 5.75 Å². The maximum atomic E-state index is 12.0. The van der Waals surface area contributed by atoms with Gasteiger partial charge in [-0.2, -0.15) is 8.78 Å². The zero-order valence-electron chi connectivity index (χ0n) is 8.23. The molecule has 0 unspecified atom stereocenters. The molecule has 0 radical (unpaired) electrons. The Bertz CT molecular complexity index is 357. The molecule has 0 atom stereocenters. The maximum absolute atomic E-state index is 12.0. The Labute approximate surface area is 90.6 Å². The van der Waals surface area contributed by atoms with Crippen LogP contribution >= 0.6 is 27.5 Å². The van der Waals surface area contributed by atoms with E-state index in [-0.39, 0.29) is 11.3 Å². The molecule has 5 heteroatoms. The summed E-state index contributed by atoms with van der Waals surface area (Å²) in [4.78, 5) is 0. The molecule has 13 heavy (non-hydrogen) atoms. The minimum Gasteiger partial charge on any atom is -0.434 e. The quantitative estimate of drug-likeness (QED) is 0.761. The molecule has 0 fully saturated rings. The van der Waals surface area contributed by atoms with Crippen LogP contribution < -0.4 is 4.74 Å². The van der Waals surface area contributed by atoms with Crippen molar-refractivity contribution in [3.05, 3.63) is 28.2 Å². The van der Waals surface area contributed by atoms with Gasteiger partial charge in [0.2, 0.25) is 0 Å². The second-order valence-electron chi connectivity index (χ2n) is 2.11. The van der Waals surface area contributed by atoms with Crippen molar-refractivity contribution in [2.24, 2.45) is 0 Å². The summed E-state index contributed by atoms with van der Waals surface area (Å²) in [5, 5.41) is 0. The highest BCUT2D eigenvalue weighted by Gasteiger charge is 2.09. The molecular formula is C8H6BrClF2O. The third-order valence-electron chi connectivity index (χ3n) is 1.26. The van der Waals surface area contributed by atoms with E-state index in [4.69, 9.17) is 14.3 Å². The fourth-order valence-corrected chi connectivity index (χ4v) is 1.26. The van der Waals surface area contributed by atoms with E-state index in [9.17, 15) is 8.78 Å². The van der Waals surface area contributed by atoms with E-state index in [0.717, 1.165) is 0 Å². The second-order valence-corrected chi connectivity index (χ2v) is 3.22. The molecular weight excluding hydrogens is 265 g/mol. The molecule has 72 valence electrons. The Hall–Kier alpha value is -0.350. The van der Waals surface area contributed by atoms with Crippen LogP contribution in [-0.2, 0) is 5.83 Å². The van der Waals surface area contributed by atoms with Crippen molar-refractivity contribution in [2.45, 2.75) is 12.4 Å². The molecule has 1 aromatic rings. The van der Waals surface area contributed by atoms with Crippen LogP contribution in [-0.4, -0.2) is 6.61 Å². The molecule has 0 aliphatic rings. The van der Waals surface area contributed by atoms with Crippen molar-refractivity contribution in [1.29, 1.82) is 0 Å². The van der Waals surface area contributed by atoms with Crippen LogP contribution in [0.3, 0.4) is 0 Å². The lowest BCUT2D eigenvalue weighted by Gasteiger charge is -2.08. The SMILES string of the molecule is [2H]C([2H])(Cl)c1ccc(Br)cc1OC(F)F. The van der Waals surface area contributed by atoms with E-state index in [0.29, 0.717) is 4.47 Å². The summed E-state index contributed by atoms with van der Waals surface area (Å²) >= 11 is 8.46. The number of hydrogen-bond acceptors (Lipinski definition) is 1. The molecule has 1 nitrogen and oxygen atoms in total. The van der Waals surface area contributed by atoms with Crippen LogP contribution in [0.2, 0.25) is 0 Å². The molecule has 0 aliphatic heterocycles. The van der Waals surface area contributed by atoms with Gasteiger partial charge in [0.15, 0.2) is 0 Å². The first-order valence-corrected chi connectivity index (χ1v) is 4.41. The summed E-state index contributed by atoms with van der Waals surface area (Å²) in [6, 6.07) is 4.02. The van der Waals surface area contributed by atoms with Gasteiger partial charge in [-0.3, -0.25) is 0 Å². The summed E-state index contributed by atoms with van der Waals surface area (Å²) in [6.07, 6.45) is 0. The van der Waals surface area contributed by atoms with Crippen LogP contribution in [0.15, 0.2) is 22.7 Å². The summed E-state index contributed by atoms with van der Waals surface area (Å²) in [6.45, 7) is -3.02. The van der Waals surface area contributed by atoms with Crippen molar-refractivity contribution >= 4 is 27.5 Å². The molecule has 0 amide bonds. The lowest BCUT2D eigenvalue weighted by atomic mass is 10.2. The topological polar surface area (TPSA) is 9.23 Å². The number of benzene rings is 1. The van der Waals surface area contributed by atoms with Crippen LogP contribution in [0.5, 0.6) is 5.75 Å². The van der Waals surface area contributed by atoms with Crippen molar-refractivity contribution < 1.29 is 16.3 Å². The normalized spacial score (nSPS) is 13.9. The standard InChI is InChI=1S/C8H6BrClF2O/c9-6-2-1-5(4-10)7(3-6)13-8(11)12/h1-3,8H,4H2/i4D2. The Morgan fingerprint density at radius 2 is 2.31 bits per heavy atom. The molecule has 0 N–H and O–H groups in total. The lowest BCUT2D eigenvalue weighted by molar-refractivity contribution is -0.0503. The largest absolute Gasteiger partial charge is 0.434 e. The van der Waals surface area contributed by atoms with E-state index in [1.807, 2.05) is 0 Å². The van der Waals surface area contributed by atoms with Crippen molar-refractivity contribution in [3.63, 3.8) is 0 Å². The van der Waals surface area contributed by atoms with Gasteiger partial charge < -0.3 is 4.74 Å². The first-order chi connectivity index (χ1) is 6.80. The summed E-state index contributed by atoms with van der Waals surface area (Å²) in [7, 11) is 0. The predicted molar refractivity (Wildman–Crippen MR) is 50.3 cm³/mol. The fraction of sp³-hybridized carbons (Fsp3) is 0.250. The van der Waals surface area contributed by atoms with Gasteiger partial charge >= 0.3 is 6.61 Å². The van der Waals surface area contributed by atoms with E-state index >= 15 is 0 Å². The van der Waals surface area contributed by atoms with Gasteiger partial charge in [-0.05, 0) is 12.1 Å². The van der Waals surface area contributed by atoms with Crippen molar-refractivity contribution in [2.75, 3.05) is 0 Å². The van der Waals surface area contributed by atoms with Gasteiger partial charge in [-0.15, -0.1) is 11.6 Å². The third-order valence-corrected chi connectivity index (χ3v) is 1.96. The third kappa shape index (κ3) is 3.12. The van der Waals surface area contributed by atoms with Crippen LogP contribution in [0.4, 0.5) is 8.78 Å². The van der Waals surface area contributed by atoms with Gasteiger partial charge in [-0.25, -0.2) is 0 Å². The summed E-state index contributed by atoms with van der Waals surface area (Å²) in [5.74, 6) is -2.52. The molecule has 0 saturated carbocycles. The Morgan fingerprint density at radius 1 is 1.62 bits per heavy atom.